The van der Waals surface area contributed by atoms with Gasteiger partial charge >= 0.3 is 18.1 Å². The van der Waals surface area contributed by atoms with Crippen molar-refractivity contribution in [2.45, 2.75) is 44.8 Å². The number of hydrogen-bond donors (Lipinski definition) is 1. The summed E-state index contributed by atoms with van der Waals surface area (Å²) >= 11 is 0. The zero-order chi connectivity index (χ0) is 19.8. The van der Waals surface area contributed by atoms with E-state index in [1.807, 2.05) is 0 Å². The number of carbonyl (C=O) groups excluding carboxylic acids is 3. The number of likely N-dealkylation sites (tertiary alicyclic amines) is 1. The van der Waals surface area contributed by atoms with Crippen LogP contribution in [0.15, 0.2) is 12.4 Å². The van der Waals surface area contributed by atoms with E-state index in [9.17, 15) is 14.4 Å². The topological polar surface area (TPSA) is 114 Å². The first kappa shape index (κ1) is 18.9. The second-order valence-corrected chi connectivity index (χ2v) is 7.55. The van der Waals surface area contributed by atoms with Gasteiger partial charge in [-0.2, -0.15) is 0 Å². The first-order valence-corrected chi connectivity index (χ1v) is 8.66. The zero-order valence-electron chi connectivity index (χ0n) is 15.8. The molecule has 2 saturated heterocycles. The highest BCUT2D eigenvalue weighted by atomic mass is 16.6. The predicted molar refractivity (Wildman–Crippen MR) is 94.4 cm³/mol. The Morgan fingerprint density at radius 3 is 2.30 bits per heavy atom. The summed E-state index contributed by atoms with van der Waals surface area (Å²) < 4.78 is 10.3. The van der Waals surface area contributed by atoms with Gasteiger partial charge in [0, 0.05) is 13.1 Å². The van der Waals surface area contributed by atoms with Crippen molar-refractivity contribution in [2.24, 2.45) is 0 Å². The number of piperidine rings is 1. The smallest absolute Gasteiger partial charge is 0.410 e. The van der Waals surface area contributed by atoms with E-state index in [4.69, 9.17) is 9.47 Å². The Balaban J connectivity index is 1.70. The third kappa shape index (κ3) is 3.64. The Labute approximate surface area is 156 Å². The predicted octanol–water partition coefficient (Wildman–Crippen LogP) is 1.31. The van der Waals surface area contributed by atoms with E-state index in [0.717, 1.165) is 4.90 Å². The summed E-state index contributed by atoms with van der Waals surface area (Å²) in [4.78, 5) is 48.0. The minimum absolute atomic E-state index is 0.145. The van der Waals surface area contributed by atoms with Crippen LogP contribution in [-0.2, 0) is 9.53 Å². The van der Waals surface area contributed by atoms with Crippen molar-refractivity contribution in [3.63, 3.8) is 0 Å². The summed E-state index contributed by atoms with van der Waals surface area (Å²) in [6.07, 6.45) is 2.92. The summed E-state index contributed by atoms with van der Waals surface area (Å²) in [5, 5.41) is 2.78. The highest BCUT2D eigenvalue weighted by Gasteiger charge is 2.53. The first-order chi connectivity index (χ1) is 12.6. The van der Waals surface area contributed by atoms with Crippen molar-refractivity contribution in [3.05, 3.63) is 12.4 Å². The Kier molecular flexibility index (Phi) is 4.66. The number of carbonyl (C=O) groups is 3. The Morgan fingerprint density at radius 1 is 1.19 bits per heavy atom. The highest BCUT2D eigenvalue weighted by molar-refractivity contribution is 6.23. The number of aromatic nitrogens is 2. The van der Waals surface area contributed by atoms with Crippen LogP contribution in [-0.4, -0.2) is 64.2 Å². The van der Waals surface area contributed by atoms with Crippen molar-refractivity contribution >= 4 is 23.7 Å². The molecular formula is C17H23N5O5. The maximum Gasteiger partial charge on any atom is 0.410 e. The second kappa shape index (κ2) is 6.67. The lowest BCUT2D eigenvalue weighted by Crippen LogP contribution is -2.56. The van der Waals surface area contributed by atoms with Crippen LogP contribution in [0, 0.1) is 0 Å². The molecule has 1 aromatic heterocycles. The Morgan fingerprint density at radius 2 is 1.78 bits per heavy atom. The minimum atomic E-state index is -1.03. The molecule has 4 amide bonds. The van der Waals surface area contributed by atoms with Crippen LogP contribution in [0.4, 0.5) is 15.3 Å². The zero-order valence-corrected chi connectivity index (χ0v) is 15.8. The molecular weight excluding hydrogens is 354 g/mol. The summed E-state index contributed by atoms with van der Waals surface area (Å²) in [5.41, 5.74) is -1.35. The van der Waals surface area contributed by atoms with E-state index < -0.39 is 23.3 Å². The van der Waals surface area contributed by atoms with E-state index >= 15 is 0 Å². The second-order valence-electron chi connectivity index (χ2n) is 7.55. The summed E-state index contributed by atoms with van der Waals surface area (Å²) in [6.45, 7) is 6.02. The van der Waals surface area contributed by atoms with Gasteiger partial charge in [-0.25, -0.2) is 24.5 Å². The number of rotatable bonds is 2. The average Bonchev–Trinajstić information content (AvgIpc) is 2.84. The summed E-state index contributed by atoms with van der Waals surface area (Å²) in [7, 11) is 1.43. The molecule has 1 aromatic rings. The lowest BCUT2D eigenvalue weighted by atomic mass is 9.87. The monoisotopic (exact) mass is 377 g/mol. The molecule has 0 bridgehead atoms. The number of anilines is 1. The molecule has 2 aliphatic heterocycles. The molecule has 0 unspecified atom stereocenters. The standard InChI is InChI=1S/C17H23N5O5/c1-16(2,3)27-15(25)21-7-5-17(6-8-21)12(23)22(14(24)20-17)11-9-18-13(26-4)19-10-11/h9-10H,5-8H2,1-4H3,(H,20,24). The molecule has 1 N–H and O–H groups in total. The normalized spacial score (nSPS) is 19.3. The maximum atomic E-state index is 13.0. The number of ether oxygens (including phenoxy) is 2. The van der Waals surface area contributed by atoms with Gasteiger partial charge in [0.05, 0.1) is 25.2 Å². The van der Waals surface area contributed by atoms with Crippen LogP contribution >= 0.6 is 0 Å². The van der Waals surface area contributed by atoms with Gasteiger partial charge < -0.3 is 19.7 Å². The lowest BCUT2D eigenvalue weighted by molar-refractivity contribution is -0.123. The van der Waals surface area contributed by atoms with Crippen molar-refractivity contribution in [2.75, 3.05) is 25.1 Å². The number of methoxy groups -OCH3 is 1. The van der Waals surface area contributed by atoms with Crippen molar-refractivity contribution in [3.8, 4) is 6.01 Å². The first-order valence-electron chi connectivity index (χ1n) is 8.66. The van der Waals surface area contributed by atoms with E-state index in [0.29, 0.717) is 25.9 Å². The largest absolute Gasteiger partial charge is 0.467 e. The number of imide groups is 1. The van der Waals surface area contributed by atoms with Crippen LogP contribution in [0.2, 0.25) is 0 Å². The fourth-order valence-corrected chi connectivity index (χ4v) is 3.12. The number of urea groups is 1. The molecule has 2 fully saturated rings. The molecule has 10 heteroatoms. The van der Waals surface area contributed by atoms with E-state index in [2.05, 4.69) is 15.3 Å². The molecule has 146 valence electrons. The number of hydrogen-bond acceptors (Lipinski definition) is 7. The fraction of sp³-hybridized carbons (Fsp3) is 0.588. The third-order valence-corrected chi connectivity index (χ3v) is 4.49. The fourth-order valence-electron chi connectivity index (χ4n) is 3.12. The van der Waals surface area contributed by atoms with Crippen molar-refractivity contribution in [1.82, 2.24) is 20.2 Å². The number of nitrogens with zero attached hydrogens (tertiary/aromatic N) is 4. The van der Waals surface area contributed by atoms with Crippen molar-refractivity contribution < 1.29 is 23.9 Å². The van der Waals surface area contributed by atoms with Gasteiger partial charge in [0.25, 0.3) is 5.91 Å². The minimum Gasteiger partial charge on any atom is -0.467 e. The van der Waals surface area contributed by atoms with Crippen molar-refractivity contribution in [1.29, 1.82) is 0 Å². The van der Waals surface area contributed by atoms with Crippen LogP contribution in [0.5, 0.6) is 6.01 Å². The molecule has 0 aliphatic carbocycles. The molecule has 27 heavy (non-hydrogen) atoms. The molecule has 2 aliphatic rings. The van der Waals surface area contributed by atoms with Gasteiger partial charge in [-0.05, 0) is 33.6 Å². The molecule has 0 atom stereocenters. The van der Waals surface area contributed by atoms with Crippen LogP contribution in [0.25, 0.3) is 0 Å². The molecule has 10 nitrogen and oxygen atoms in total. The van der Waals surface area contributed by atoms with Crippen LogP contribution in [0.1, 0.15) is 33.6 Å². The molecule has 0 radical (unpaired) electrons. The average molecular weight is 377 g/mol. The van der Waals surface area contributed by atoms with Gasteiger partial charge in [-0.3, -0.25) is 4.79 Å². The van der Waals surface area contributed by atoms with Gasteiger partial charge in [0.2, 0.25) is 0 Å². The lowest BCUT2D eigenvalue weighted by Gasteiger charge is -2.37. The Bertz CT molecular complexity index is 750. The van der Waals surface area contributed by atoms with Gasteiger partial charge in [0.1, 0.15) is 11.1 Å². The summed E-state index contributed by atoms with van der Waals surface area (Å²) in [5.74, 6) is -0.370. The van der Waals surface area contributed by atoms with Crippen LogP contribution < -0.4 is 15.0 Å². The Hall–Kier alpha value is -2.91. The third-order valence-electron chi connectivity index (χ3n) is 4.49. The quantitative estimate of drug-likeness (QED) is 0.773. The SMILES string of the molecule is COc1ncc(N2C(=O)NC3(CCN(C(=O)OC(C)(C)C)CC3)C2=O)cn1. The molecule has 0 aromatic carbocycles. The summed E-state index contributed by atoms with van der Waals surface area (Å²) in [6, 6.07) is -0.384. The maximum absolute atomic E-state index is 13.0. The van der Waals surface area contributed by atoms with Crippen LogP contribution in [0.3, 0.4) is 0 Å². The molecule has 3 rings (SSSR count). The van der Waals surface area contributed by atoms with Gasteiger partial charge in [0.15, 0.2) is 0 Å². The van der Waals surface area contributed by atoms with E-state index in [1.165, 1.54) is 19.5 Å². The van der Waals surface area contributed by atoms with E-state index in [1.54, 1.807) is 25.7 Å². The highest BCUT2D eigenvalue weighted by Crippen LogP contribution is 2.32. The number of nitrogens with one attached hydrogen (secondary N) is 1. The van der Waals surface area contributed by atoms with Gasteiger partial charge in [-0.15, -0.1) is 0 Å². The molecule has 1 spiro atoms. The molecule has 0 saturated carbocycles. The van der Waals surface area contributed by atoms with Gasteiger partial charge in [-0.1, -0.05) is 0 Å². The number of amides is 4. The molecule has 3 heterocycles. The van der Waals surface area contributed by atoms with E-state index in [-0.39, 0.29) is 17.6 Å².